The number of nitrogens with zero attached hydrogens (tertiary/aromatic N) is 5. The van der Waals surface area contributed by atoms with Crippen molar-refractivity contribution in [3.8, 4) is 0 Å². The van der Waals surface area contributed by atoms with Crippen LogP contribution in [0.15, 0.2) is 30.6 Å². The van der Waals surface area contributed by atoms with E-state index in [0.717, 1.165) is 55.4 Å². The number of anilines is 2. The molecule has 5 rings (SSSR count). The molecule has 1 saturated heterocycles. The number of ether oxygens (including phenoxy) is 1. The summed E-state index contributed by atoms with van der Waals surface area (Å²) in [7, 11) is 1.83. The van der Waals surface area contributed by atoms with Gasteiger partial charge in [-0.05, 0) is 25.0 Å². The molecule has 0 radical (unpaired) electrons. The topological polar surface area (TPSA) is 111 Å². The Morgan fingerprint density at radius 2 is 2.14 bits per heavy atom. The third kappa shape index (κ3) is 2.89. The number of carbonyl (C=O) groups excluding carboxylic acids is 1. The Bertz CT molecular complexity index is 1070. The van der Waals surface area contributed by atoms with E-state index in [1.165, 1.54) is 10.7 Å². The van der Waals surface area contributed by atoms with Crippen LogP contribution in [0.25, 0.3) is 5.65 Å². The maximum Gasteiger partial charge on any atom is 0.269 e. The molecule has 3 aromatic rings. The van der Waals surface area contributed by atoms with Crippen LogP contribution in [0.2, 0.25) is 0 Å². The number of aromatic nitrogens is 4. The predicted octanol–water partition coefficient (Wildman–Crippen LogP) is 1.40. The molecule has 1 fully saturated rings. The van der Waals surface area contributed by atoms with Crippen molar-refractivity contribution in [1.29, 1.82) is 0 Å². The highest BCUT2D eigenvalue weighted by atomic mass is 16.5. The molecular weight excluding hydrogens is 370 g/mol. The lowest BCUT2D eigenvalue weighted by Crippen LogP contribution is -2.39. The zero-order chi connectivity index (χ0) is 20.0. The number of nitrogens with one attached hydrogen (secondary N) is 1. The molecule has 5 heterocycles. The molecule has 0 spiro atoms. The number of fused-ring (bicyclic) bond motifs is 2. The first kappa shape index (κ1) is 17.9. The molecule has 2 aliphatic heterocycles. The Labute approximate surface area is 167 Å². The van der Waals surface area contributed by atoms with E-state index in [2.05, 4.69) is 26.3 Å². The van der Waals surface area contributed by atoms with Crippen LogP contribution in [0, 0.1) is 0 Å². The minimum absolute atomic E-state index is 0.0428. The van der Waals surface area contributed by atoms with Crippen LogP contribution in [-0.2, 0) is 4.74 Å². The second-order valence-corrected chi connectivity index (χ2v) is 7.44. The van der Waals surface area contributed by atoms with Gasteiger partial charge in [0.2, 0.25) is 0 Å². The molecular formula is C20H23N7O2. The molecule has 1 unspecified atom stereocenters. The molecule has 1 atom stereocenters. The number of primary amides is 1. The standard InChI is InChI=1S/C20H23N7O2/c1-22-16-9-15(25-27-17(18(21)28)10-24-20(16)27)14-11-26(12-4-7-29-8-5-12)19-13(14)3-2-6-23-19/h2-3,6,9-10,12,14,22H,4-5,7-8,11H2,1H3,(H2,21,28). The zero-order valence-corrected chi connectivity index (χ0v) is 16.2. The Morgan fingerprint density at radius 1 is 1.31 bits per heavy atom. The van der Waals surface area contributed by atoms with E-state index in [4.69, 9.17) is 15.6 Å². The van der Waals surface area contributed by atoms with E-state index in [1.807, 2.05) is 25.4 Å². The summed E-state index contributed by atoms with van der Waals surface area (Å²) < 4.78 is 7.08. The average molecular weight is 393 g/mol. The number of hydrogen-bond donors (Lipinski definition) is 2. The number of amides is 1. The summed E-state index contributed by atoms with van der Waals surface area (Å²) in [5, 5.41) is 7.92. The minimum Gasteiger partial charge on any atom is -0.385 e. The van der Waals surface area contributed by atoms with Crippen molar-refractivity contribution < 1.29 is 9.53 Å². The zero-order valence-electron chi connectivity index (χ0n) is 16.2. The lowest BCUT2D eigenvalue weighted by Gasteiger charge is -2.32. The summed E-state index contributed by atoms with van der Waals surface area (Å²) in [6, 6.07) is 6.48. The molecule has 0 saturated carbocycles. The smallest absolute Gasteiger partial charge is 0.269 e. The van der Waals surface area contributed by atoms with Gasteiger partial charge in [-0.2, -0.15) is 5.10 Å². The second kappa shape index (κ2) is 7.00. The van der Waals surface area contributed by atoms with Crippen LogP contribution in [0.4, 0.5) is 11.5 Å². The normalized spacial score (nSPS) is 19.5. The van der Waals surface area contributed by atoms with E-state index in [0.29, 0.717) is 11.7 Å². The van der Waals surface area contributed by atoms with Crippen LogP contribution in [-0.4, -0.2) is 58.3 Å². The Kier molecular flexibility index (Phi) is 4.31. The van der Waals surface area contributed by atoms with Gasteiger partial charge in [0.05, 0.1) is 17.6 Å². The van der Waals surface area contributed by atoms with Gasteiger partial charge in [-0.15, -0.1) is 0 Å². The van der Waals surface area contributed by atoms with Gasteiger partial charge in [0.15, 0.2) is 5.65 Å². The van der Waals surface area contributed by atoms with Gasteiger partial charge in [-0.3, -0.25) is 4.79 Å². The van der Waals surface area contributed by atoms with E-state index < -0.39 is 5.91 Å². The Hall–Kier alpha value is -3.20. The monoisotopic (exact) mass is 393 g/mol. The molecule has 1 amide bonds. The summed E-state index contributed by atoms with van der Waals surface area (Å²) in [5.41, 5.74) is 9.18. The van der Waals surface area contributed by atoms with Crippen molar-refractivity contribution in [2.75, 3.05) is 37.0 Å². The molecule has 3 aromatic heterocycles. The second-order valence-electron chi connectivity index (χ2n) is 7.44. The van der Waals surface area contributed by atoms with Gasteiger partial charge < -0.3 is 20.7 Å². The van der Waals surface area contributed by atoms with Crippen molar-refractivity contribution in [3.05, 3.63) is 47.5 Å². The number of carbonyl (C=O) groups is 1. The van der Waals surface area contributed by atoms with Crippen LogP contribution in [0.5, 0.6) is 0 Å². The lowest BCUT2D eigenvalue weighted by molar-refractivity contribution is 0.0846. The van der Waals surface area contributed by atoms with Crippen LogP contribution < -0.4 is 16.0 Å². The summed E-state index contributed by atoms with van der Waals surface area (Å²) in [4.78, 5) is 23.2. The third-order valence-electron chi connectivity index (χ3n) is 5.84. The number of rotatable bonds is 4. The van der Waals surface area contributed by atoms with Gasteiger partial charge in [-0.25, -0.2) is 14.5 Å². The van der Waals surface area contributed by atoms with Gasteiger partial charge in [0.1, 0.15) is 11.5 Å². The average Bonchev–Trinajstić information content (AvgIpc) is 3.35. The fourth-order valence-electron chi connectivity index (χ4n) is 4.38. The Balaban J connectivity index is 1.61. The van der Waals surface area contributed by atoms with Crippen molar-refractivity contribution in [1.82, 2.24) is 19.6 Å². The highest BCUT2D eigenvalue weighted by Crippen LogP contribution is 2.41. The molecule has 0 aliphatic carbocycles. The summed E-state index contributed by atoms with van der Waals surface area (Å²) in [6.45, 7) is 2.34. The number of imidazole rings is 1. The van der Waals surface area contributed by atoms with Gasteiger partial charge in [0, 0.05) is 50.5 Å². The number of nitrogens with two attached hydrogens (primary N) is 1. The van der Waals surface area contributed by atoms with Crippen molar-refractivity contribution in [2.24, 2.45) is 5.73 Å². The van der Waals surface area contributed by atoms with Crippen LogP contribution >= 0.6 is 0 Å². The quantitative estimate of drug-likeness (QED) is 0.689. The molecule has 9 heteroatoms. The molecule has 3 N–H and O–H groups in total. The van der Waals surface area contributed by atoms with E-state index in [1.54, 1.807) is 0 Å². The van der Waals surface area contributed by atoms with Crippen molar-refractivity contribution in [2.45, 2.75) is 24.8 Å². The van der Waals surface area contributed by atoms with Crippen molar-refractivity contribution in [3.63, 3.8) is 0 Å². The van der Waals surface area contributed by atoms with E-state index in [9.17, 15) is 4.79 Å². The fraction of sp³-hybridized carbons (Fsp3) is 0.400. The highest BCUT2D eigenvalue weighted by molar-refractivity contribution is 5.92. The summed E-state index contributed by atoms with van der Waals surface area (Å²) in [5.74, 6) is 0.501. The molecule has 150 valence electrons. The number of pyridine rings is 1. The fourth-order valence-corrected chi connectivity index (χ4v) is 4.38. The lowest BCUT2D eigenvalue weighted by atomic mass is 9.99. The minimum atomic E-state index is -0.554. The summed E-state index contributed by atoms with van der Waals surface area (Å²) in [6.07, 6.45) is 5.28. The van der Waals surface area contributed by atoms with Gasteiger partial charge >= 0.3 is 0 Å². The van der Waals surface area contributed by atoms with E-state index in [-0.39, 0.29) is 11.6 Å². The summed E-state index contributed by atoms with van der Waals surface area (Å²) >= 11 is 0. The van der Waals surface area contributed by atoms with Crippen molar-refractivity contribution >= 4 is 23.1 Å². The molecule has 9 nitrogen and oxygen atoms in total. The number of hydrogen-bond acceptors (Lipinski definition) is 7. The van der Waals surface area contributed by atoms with E-state index >= 15 is 0 Å². The third-order valence-corrected chi connectivity index (χ3v) is 5.84. The largest absolute Gasteiger partial charge is 0.385 e. The molecule has 2 aliphatic rings. The molecule has 0 aromatic carbocycles. The van der Waals surface area contributed by atoms with Crippen LogP contribution in [0.3, 0.4) is 0 Å². The van der Waals surface area contributed by atoms with Crippen LogP contribution in [0.1, 0.15) is 40.5 Å². The SMILES string of the molecule is CNc1cc(C2CN(C3CCOCC3)c3ncccc32)nn2c(C(N)=O)cnc12. The van der Waals surface area contributed by atoms with Gasteiger partial charge in [-0.1, -0.05) is 6.07 Å². The molecule has 0 bridgehead atoms. The first-order valence-corrected chi connectivity index (χ1v) is 9.83. The maximum atomic E-state index is 11.8. The maximum absolute atomic E-state index is 11.8. The molecule has 29 heavy (non-hydrogen) atoms. The first-order chi connectivity index (χ1) is 14.2. The van der Waals surface area contributed by atoms with Gasteiger partial charge in [0.25, 0.3) is 5.91 Å². The first-order valence-electron chi connectivity index (χ1n) is 9.83. The predicted molar refractivity (Wildman–Crippen MR) is 108 cm³/mol. The highest BCUT2D eigenvalue weighted by Gasteiger charge is 2.36. The Morgan fingerprint density at radius 3 is 2.90 bits per heavy atom.